The second-order valence-electron chi connectivity index (χ2n) is 5.35. The Balaban J connectivity index is 2.15. The van der Waals surface area contributed by atoms with E-state index < -0.39 is 17.5 Å². The average molecular weight is 272 g/mol. The quantitative estimate of drug-likeness (QED) is 0.798. The van der Waals surface area contributed by atoms with E-state index in [0.29, 0.717) is 17.1 Å². The maximum absolute atomic E-state index is 13.2. The molecule has 1 atom stereocenters. The fourth-order valence-electron chi connectivity index (χ4n) is 1.90. The summed E-state index contributed by atoms with van der Waals surface area (Å²) < 4.78 is 18.5. The van der Waals surface area contributed by atoms with Gasteiger partial charge in [-0.05, 0) is 38.5 Å². The van der Waals surface area contributed by atoms with Crippen LogP contribution in [0.4, 0.5) is 10.1 Å². The number of rotatable bonds is 1. The Bertz CT molecular complexity index is 496. The van der Waals surface area contributed by atoms with Gasteiger partial charge in [0.1, 0.15) is 17.5 Å². The van der Waals surface area contributed by atoms with Gasteiger partial charge in [-0.3, -0.25) is 0 Å². The molecule has 1 heterocycles. The summed E-state index contributed by atoms with van der Waals surface area (Å²) >= 11 is 5.95. The lowest BCUT2D eigenvalue weighted by molar-refractivity contribution is -0.155. The molecular formula is C13H15ClFNO2. The Labute approximate surface area is 110 Å². The lowest BCUT2D eigenvalue weighted by Gasteiger charge is -2.22. The molecule has 18 heavy (non-hydrogen) atoms. The van der Waals surface area contributed by atoms with Gasteiger partial charge in [0.2, 0.25) is 0 Å². The van der Waals surface area contributed by atoms with Crippen molar-refractivity contribution in [3.63, 3.8) is 0 Å². The van der Waals surface area contributed by atoms with E-state index in [4.69, 9.17) is 16.3 Å². The van der Waals surface area contributed by atoms with Gasteiger partial charge in [-0.1, -0.05) is 11.6 Å². The van der Waals surface area contributed by atoms with Crippen molar-refractivity contribution in [2.45, 2.75) is 38.8 Å². The van der Waals surface area contributed by atoms with Gasteiger partial charge in [0.25, 0.3) is 0 Å². The van der Waals surface area contributed by atoms with Crippen LogP contribution in [0.15, 0.2) is 12.1 Å². The van der Waals surface area contributed by atoms with Crippen LogP contribution >= 0.6 is 11.6 Å². The minimum absolute atomic E-state index is 0.337. The van der Waals surface area contributed by atoms with Crippen LogP contribution in [-0.2, 0) is 16.0 Å². The number of carbonyl (C=O) groups excluding carboxylic acids is 1. The van der Waals surface area contributed by atoms with Crippen molar-refractivity contribution in [1.82, 2.24) is 0 Å². The highest BCUT2D eigenvalue weighted by Crippen LogP contribution is 2.33. The number of esters is 1. The maximum atomic E-state index is 13.2. The summed E-state index contributed by atoms with van der Waals surface area (Å²) in [5, 5.41) is 3.28. The highest BCUT2D eigenvalue weighted by molar-refractivity contribution is 6.32. The number of nitrogens with one attached hydrogen (secondary N) is 1. The van der Waals surface area contributed by atoms with Crippen molar-refractivity contribution in [3.05, 3.63) is 28.5 Å². The van der Waals surface area contributed by atoms with Gasteiger partial charge in [-0.15, -0.1) is 0 Å². The van der Waals surface area contributed by atoms with Gasteiger partial charge in [-0.25, -0.2) is 9.18 Å². The summed E-state index contributed by atoms with van der Waals surface area (Å²) in [7, 11) is 0. The topological polar surface area (TPSA) is 38.3 Å². The van der Waals surface area contributed by atoms with Crippen molar-refractivity contribution in [2.75, 3.05) is 5.32 Å². The number of fused-ring (bicyclic) bond motifs is 1. The predicted molar refractivity (Wildman–Crippen MR) is 68.4 cm³/mol. The van der Waals surface area contributed by atoms with Crippen molar-refractivity contribution < 1.29 is 13.9 Å². The van der Waals surface area contributed by atoms with E-state index in [2.05, 4.69) is 5.32 Å². The number of carbonyl (C=O) groups is 1. The van der Waals surface area contributed by atoms with E-state index >= 15 is 0 Å². The molecule has 0 unspecified atom stereocenters. The van der Waals surface area contributed by atoms with Gasteiger partial charge in [-0.2, -0.15) is 0 Å². The smallest absolute Gasteiger partial charge is 0.329 e. The molecule has 5 heteroatoms. The van der Waals surface area contributed by atoms with E-state index in [9.17, 15) is 9.18 Å². The number of benzene rings is 1. The molecular weight excluding hydrogens is 257 g/mol. The molecule has 0 saturated carbocycles. The summed E-state index contributed by atoms with van der Waals surface area (Å²) in [5.41, 5.74) is 0.785. The zero-order chi connectivity index (χ0) is 13.5. The largest absolute Gasteiger partial charge is 0.458 e. The van der Waals surface area contributed by atoms with Crippen molar-refractivity contribution >= 4 is 23.3 Å². The minimum atomic E-state index is -0.539. The zero-order valence-electron chi connectivity index (χ0n) is 10.5. The monoisotopic (exact) mass is 271 g/mol. The van der Waals surface area contributed by atoms with Crippen LogP contribution in [0.1, 0.15) is 26.3 Å². The second-order valence-corrected chi connectivity index (χ2v) is 5.76. The van der Waals surface area contributed by atoms with Crippen LogP contribution in [0.5, 0.6) is 0 Å². The third-order valence-electron chi connectivity index (χ3n) is 2.59. The highest BCUT2D eigenvalue weighted by atomic mass is 35.5. The summed E-state index contributed by atoms with van der Waals surface area (Å²) in [6, 6.07) is 2.09. The van der Waals surface area contributed by atoms with E-state index in [1.165, 1.54) is 12.1 Å². The lowest BCUT2D eigenvalue weighted by atomic mass is 10.1. The number of hydrogen-bond acceptors (Lipinski definition) is 3. The molecule has 1 aliphatic rings. The Morgan fingerprint density at radius 1 is 1.50 bits per heavy atom. The molecule has 0 aliphatic carbocycles. The number of ether oxygens (including phenoxy) is 1. The molecule has 0 aromatic heterocycles. The molecule has 0 amide bonds. The first-order valence-corrected chi connectivity index (χ1v) is 6.11. The first-order valence-electron chi connectivity index (χ1n) is 5.73. The molecule has 0 saturated heterocycles. The second kappa shape index (κ2) is 4.43. The highest BCUT2D eigenvalue weighted by Gasteiger charge is 2.32. The molecule has 3 nitrogen and oxygen atoms in total. The van der Waals surface area contributed by atoms with Gasteiger partial charge in [0, 0.05) is 17.1 Å². The summed E-state index contributed by atoms with van der Waals surface area (Å²) in [6.07, 6.45) is 0.420. The first-order chi connectivity index (χ1) is 8.26. The summed E-state index contributed by atoms with van der Waals surface area (Å²) in [4.78, 5) is 11.9. The molecule has 0 fully saturated rings. The molecule has 0 spiro atoms. The summed E-state index contributed by atoms with van der Waals surface area (Å²) in [5.74, 6) is -0.772. The van der Waals surface area contributed by atoms with Gasteiger partial charge in [0.05, 0.1) is 0 Å². The molecule has 0 radical (unpaired) electrons. The Hall–Kier alpha value is -1.29. The van der Waals surface area contributed by atoms with Crippen LogP contribution in [0.25, 0.3) is 0 Å². The van der Waals surface area contributed by atoms with Crippen molar-refractivity contribution in [2.24, 2.45) is 0 Å². The predicted octanol–water partition coefficient (Wildman–Crippen LogP) is 3.16. The average Bonchev–Trinajstić information content (AvgIpc) is 2.58. The molecule has 1 aromatic rings. The fraction of sp³-hybridized carbons (Fsp3) is 0.462. The van der Waals surface area contributed by atoms with Crippen molar-refractivity contribution in [3.8, 4) is 0 Å². The normalized spacial score (nSPS) is 18.2. The zero-order valence-corrected chi connectivity index (χ0v) is 11.3. The van der Waals surface area contributed by atoms with Gasteiger partial charge in [0.15, 0.2) is 0 Å². The Kier molecular flexibility index (Phi) is 3.23. The number of halogens is 2. The van der Waals surface area contributed by atoms with Crippen LogP contribution in [0.3, 0.4) is 0 Å². The molecule has 1 N–H and O–H groups in total. The molecule has 2 rings (SSSR count). The Morgan fingerprint density at radius 3 is 2.78 bits per heavy atom. The van der Waals surface area contributed by atoms with Crippen LogP contribution in [0.2, 0.25) is 5.02 Å². The fourth-order valence-corrected chi connectivity index (χ4v) is 2.18. The van der Waals surface area contributed by atoms with Crippen LogP contribution < -0.4 is 5.32 Å². The first kappa shape index (κ1) is 13.1. The number of hydrogen-bond donors (Lipinski definition) is 1. The molecule has 98 valence electrons. The lowest BCUT2D eigenvalue weighted by Crippen LogP contribution is -2.35. The van der Waals surface area contributed by atoms with E-state index in [-0.39, 0.29) is 5.97 Å². The third kappa shape index (κ3) is 2.75. The van der Waals surface area contributed by atoms with E-state index in [1.807, 2.05) is 0 Å². The maximum Gasteiger partial charge on any atom is 0.329 e. The number of anilines is 1. The van der Waals surface area contributed by atoms with Crippen LogP contribution in [0, 0.1) is 5.82 Å². The minimum Gasteiger partial charge on any atom is -0.458 e. The third-order valence-corrected chi connectivity index (χ3v) is 2.93. The van der Waals surface area contributed by atoms with E-state index in [1.54, 1.807) is 20.8 Å². The molecule has 0 bridgehead atoms. The Morgan fingerprint density at radius 2 is 2.17 bits per heavy atom. The van der Waals surface area contributed by atoms with Gasteiger partial charge >= 0.3 is 5.97 Å². The molecule has 1 aliphatic heterocycles. The molecule has 1 aromatic carbocycles. The summed E-state index contributed by atoms with van der Waals surface area (Å²) in [6.45, 7) is 5.42. The SMILES string of the molecule is CC(C)(C)OC(=O)[C@@H]1Cc2c(Cl)cc(F)cc2N1. The van der Waals surface area contributed by atoms with Gasteiger partial charge < -0.3 is 10.1 Å². The van der Waals surface area contributed by atoms with E-state index in [0.717, 1.165) is 5.56 Å². The van der Waals surface area contributed by atoms with Crippen LogP contribution in [-0.4, -0.2) is 17.6 Å². The van der Waals surface area contributed by atoms with Crippen molar-refractivity contribution in [1.29, 1.82) is 0 Å². The standard InChI is InChI=1S/C13H15ClFNO2/c1-13(2,3)18-12(17)11-6-8-9(14)4-7(15)5-10(8)16-11/h4-5,11,16H,6H2,1-3H3/t11-/m0/s1.